The summed E-state index contributed by atoms with van der Waals surface area (Å²) >= 11 is 7.52. The molecule has 82 valence electrons. The summed E-state index contributed by atoms with van der Waals surface area (Å²) < 4.78 is 1.67. The van der Waals surface area contributed by atoms with Gasteiger partial charge in [0, 0.05) is 16.8 Å². The van der Waals surface area contributed by atoms with Crippen LogP contribution in [0.2, 0.25) is 5.02 Å². The van der Waals surface area contributed by atoms with Crippen LogP contribution in [0.25, 0.3) is 17.6 Å². The maximum absolute atomic E-state index is 5.91. The van der Waals surface area contributed by atoms with Crippen LogP contribution in [0.5, 0.6) is 0 Å². The number of benzene rings is 1. The largest absolute Gasteiger partial charge is 0.227 e. The fourth-order valence-electron chi connectivity index (χ4n) is 1.23. The molecule has 0 aliphatic rings. The first-order chi connectivity index (χ1) is 7.79. The topological polar surface area (TPSA) is 30.7 Å². The molecule has 3 nitrogen and oxygen atoms in total. The van der Waals surface area contributed by atoms with Gasteiger partial charge in [0.25, 0.3) is 0 Å². The van der Waals surface area contributed by atoms with E-state index in [4.69, 9.17) is 11.6 Å². The molecule has 5 heteroatoms. The second-order valence-corrected chi connectivity index (χ2v) is 4.26. The maximum atomic E-state index is 5.91. The molecule has 0 saturated carbocycles. The monoisotopic (exact) mass is 251 g/mol. The number of rotatable bonds is 3. The van der Waals surface area contributed by atoms with Gasteiger partial charge in [0.1, 0.15) is 6.33 Å². The minimum absolute atomic E-state index is 0.674. The van der Waals surface area contributed by atoms with Crippen molar-refractivity contribution >= 4 is 29.6 Å². The van der Waals surface area contributed by atoms with Gasteiger partial charge in [0.05, 0.1) is 0 Å². The minimum atomic E-state index is 0.674. The lowest BCUT2D eigenvalue weighted by atomic mass is 10.2. The molecule has 0 bridgehead atoms. The van der Waals surface area contributed by atoms with E-state index in [1.807, 2.05) is 42.1 Å². The van der Waals surface area contributed by atoms with Crippen molar-refractivity contribution in [3.05, 3.63) is 41.0 Å². The Kier molecular flexibility index (Phi) is 3.64. The molecule has 0 spiro atoms. The number of aromatic nitrogens is 3. The van der Waals surface area contributed by atoms with Gasteiger partial charge in [0.15, 0.2) is 5.82 Å². The van der Waals surface area contributed by atoms with Crippen LogP contribution < -0.4 is 0 Å². The fraction of sp³-hybridized carbons (Fsp3) is 0.0909. The first-order valence-electron chi connectivity index (χ1n) is 4.66. The zero-order valence-electron chi connectivity index (χ0n) is 8.67. The van der Waals surface area contributed by atoms with E-state index in [1.54, 1.807) is 22.8 Å². The van der Waals surface area contributed by atoms with Crippen LogP contribution in [0.3, 0.4) is 0 Å². The molecule has 2 aromatic rings. The summed E-state index contributed by atoms with van der Waals surface area (Å²) in [5.74, 6) is 0.674. The van der Waals surface area contributed by atoms with Gasteiger partial charge in [-0.1, -0.05) is 23.7 Å². The average Bonchev–Trinajstić information content (AvgIpc) is 2.75. The second-order valence-electron chi connectivity index (χ2n) is 3.08. The lowest BCUT2D eigenvalue weighted by Gasteiger charge is -1.95. The minimum Gasteiger partial charge on any atom is -0.227 e. The summed E-state index contributed by atoms with van der Waals surface area (Å²) in [4.78, 5) is 4.21. The van der Waals surface area contributed by atoms with Gasteiger partial charge in [-0.2, -0.15) is 0 Å². The molecule has 16 heavy (non-hydrogen) atoms. The lowest BCUT2D eigenvalue weighted by Crippen LogP contribution is -1.86. The molecule has 0 unspecified atom stereocenters. The third-order valence-electron chi connectivity index (χ3n) is 1.94. The molecule has 1 aromatic heterocycles. The molecule has 0 atom stereocenters. The highest BCUT2D eigenvalue weighted by atomic mass is 35.5. The lowest BCUT2D eigenvalue weighted by molar-refractivity contribution is 0.938. The van der Waals surface area contributed by atoms with Gasteiger partial charge in [-0.3, -0.25) is 0 Å². The molecule has 0 aliphatic heterocycles. The number of hydrogen-bond acceptors (Lipinski definition) is 3. The standard InChI is InChI=1S/C11H10ClN3S/c1-16-6-5-15-8-13-11(14-15)9-3-2-4-10(12)7-9/h2-8H,1H3/b6-5-. The van der Waals surface area contributed by atoms with Gasteiger partial charge >= 0.3 is 0 Å². The average molecular weight is 252 g/mol. The van der Waals surface area contributed by atoms with Crippen molar-refractivity contribution in [3.8, 4) is 11.4 Å². The number of halogens is 1. The van der Waals surface area contributed by atoms with Crippen molar-refractivity contribution in [1.82, 2.24) is 14.8 Å². The SMILES string of the molecule is CS/C=C\n1cnc(-c2cccc(Cl)c2)n1. The summed E-state index contributed by atoms with van der Waals surface area (Å²) in [5.41, 5.74) is 0.920. The van der Waals surface area contributed by atoms with Crippen LogP contribution >= 0.6 is 23.4 Å². The Balaban J connectivity index is 2.28. The number of thioether (sulfide) groups is 1. The van der Waals surface area contributed by atoms with E-state index >= 15 is 0 Å². The van der Waals surface area contributed by atoms with Crippen LogP contribution in [0.1, 0.15) is 0 Å². The van der Waals surface area contributed by atoms with Gasteiger partial charge in [0.2, 0.25) is 0 Å². The molecule has 1 heterocycles. The first kappa shape index (κ1) is 11.2. The van der Waals surface area contributed by atoms with Gasteiger partial charge < -0.3 is 0 Å². The molecule has 0 radical (unpaired) electrons. The van der Waals surface area contributed by atoms with E-state index in [0.29, 0.717) is 10.8 Å². The van der Waals surface area contributed by atoms with Crippen molar-refractivity contribution in [2.24, 2.45) is 0 Å². The van der Waals surface area contributed by atoms with Crippen molar-refractivity contribution in [3.63, 3.8) is 0 Å². The molecule has 0 aliphatic carbocycles. The van der Waals surface area contributed by atoms with Crippen molar-refractivity contribution in [2.45, 2.75) is 0 Å². The number of nitrogens with zero attached hydrogens (tertiary/aromatic N) is 3. The molecule has 0 saturated heterocycles. The highest BCUT2D eigenvalue weighted by Gasteiger charge is 2.02. The Morgan fingerprint density at radius 3 is 3.06 bits per heavy atom. The third kappa shape index (κ3) is 2.65. The summed E-state index contributed by atoms with van der Waals surface area (Å²) in [6.45, 7) is 0. The maximum Gasteiger partial charge on any atom is 0.181 e. The molecular weight excluding hydrogens is 242 g/mol. The van der Waals surface area contributed by atoms with E-state index in [1.165, 1.54) is 0 Å². The Morgan fingerprint density at radius 1 is 1.44 bits per heavy atom. The molecule has 1 aromatic carbocycles. The van der Waals surface area contributed by atoms with Gasteiger partial charge in [-0.25, -0.2) is 9.67 Å². The summed E-state index contributed by atoms with van der Waals surface area (Å²) in [5, 5.41) is 6.94. The van der Waals surface area contributed by atoms with Crippen LogP contribution in [-0.4, -0.2) is 21.0 Å². The van der Waals surface area contributed by atoms with Crippen LogP contribution in [0.4, 0.5) is 0 Å². The van der Waals surface area contributed by atoms with Gasteiger partial charge in [-0.15, -0.1) is 16.9 Å². The van der Waals surface area contributed by atoms with E-state index < -0.39 is 0 Å². The Morgan fingerprint density at radius 2 is 2.31 bits per heavy atom. The first-order valence-corrected chi connectivity index (χ1v) is 6.33. The van der Waals surface area contributed by atoms with Crippen molar-refractivity contribution < 1.29 is 0 Å². The highest BCUT2D eigenvalue weighted by Crippen LogP contribution is 2.18. The zero-order chi connectivity index (χ0) is 11.4. The molecular formula is C11H10ClN3S. The highest BCUT2D eigenvalue weighted by molar-refractivity contribution is 8.01. The molecule has 2 rings (SSSR count). The smallest absolute Gasteiger partial charge is 0.181 e. The van der Waals surface area contributed by atoms with Gasteiger partial charge in [-0.05, 0) is 23.8 Å². The predicted octanol–water partition coefficient (Wildman–Crippen LogP) is 3.39. The van der Waals surface area contributed by atoms with Crippen LogP contribution in [-0.2, 0) is 0 Å². The van der Waals surface area contributed by atoms with Crippen molar-refractivity contribution in [2.75, 3.05) is 6.26 Å². The summed E-state index contributed by atoms with van der Waals surface area (Å²) in [6.07, 6.45) is 5.51. The molecule has 0 N–H and O–H groups in total. The van der Waals surface area contributed by atoms with Crippen LogP contribution in [0.15, 0.2) is 36.0 Å². The summed E-state index contributed by atoms with van der Waals surface area (Å²) in [6, 6.07) is 7.50. The molecule has 0 fully saturated rings. The zero-order valence-corrected chi connectivity index (χ0v) is 10.2. The molecule has 0 amide bonds. The quantitative estimate of drug-likeness (QED) is 0.838. The Bertz CT molecular complexity index is 507. The fourth-order valence-corrected chi connectivity index (χ4v) is 1.67. The van der Waals surface area contributed by atoms with E-state index in [2.05, 4.69) is 10.1 Å². The number of hydrogen-bond donors (Lipinski definition) is 0. The second kappa shape index (κ2) is 5.18. The Hall–Kier alpha value is -1.26. The van der Waals surface area contributed by atoms with Crippen LogP contribution in [0, 0.1) is 0 Å². The van der Waals surface area contributed by atoms with Crippen molar-refractivity contribution in [1.29, 1.82) is 0 Å². The Labute approximate surface area is 103 Å². The predicted molar refractivity (Wildman–Crippen MR) is 69.3 cm³/mol. The normalized spacial score (nSPS) is 11.1. The third-order valence-corrected chi connectivity index (χ3v) is 2.57. The van der Waals surface area contributed by atoms with E-state index in [0.717, 1.165) is 5.56 Å². The van der Waals surface area contributed by atoms with E-state index in [-0.39, 0.29) is 0 Å². The summed E-state index contributed by atoms with van der Waals surface area (Å²) in [7, 11) is 0. The van der Waals surface area contributed by atoms with E-state index in [9.17, 15) is 0 Å².